The summed E-state index contributed by atoms with van der Waals surface area (Å²) in [4.78, 5) is 5.19. The lowest BCUT2D eigenvalue weighted by Crippen LogP contribution is -2.45. The van der Waals surface area contributed by atoms with Crippen LogP contribution in [0.4, 0.5) is 0 Å². The predicted octanol–water partition coefficient (Wildman–Crippen LogP) is 2.21. The van der Waals surface area contributed by atoms with Gasteiger partial charge in [0.25, 0.3) is 0 Å². The zero-order valence-electron chi connectivity index (χ0n) is 13.2. The van der Waals surface area contributed by atoms with E-state index in [2.05, 4.69) is 54.0 Å². The Balaban J connectivity index is 0.00000161. The van der Waals surface area contributed by atoms with E-state index in [1.165, 1.54) is 31.7 Å². The third kappa shape index (κ3) is 4.43. The van der Waals surface area contributed by atoms with Crippen LogP contribution in [0.15, 0.2) is 30.3 Å². The number of hydrogen-bond acceptors (Lipinski definition) is 3. The molecule has 2 atom stereocenters. The maximum absolute atomic E-state index is 6.14. The number of benzene rings is 1. The highest BCUT2D eigenvalue weighted by molar-refractivity contribution is 5.85. The number of nitrogens with two attached hydrogens (primary N) is 1. The van der Waals surface area contributed by atoms with Crippen LogP contribution in [0.25, 0.3) is 0 Å². The highest BCUT2D eigenvalue weighted by Crippen LogP contribution is 2.32. The fourth-order valence-corrected chi connectivity index (χ4v) is 3.86. The van der Waals surface area contributed by atoms with Crippen LogP contribution in [0.5, 0.6) is 0 Å². The van der Waals surface area contributed by atoms with Gasteiger partial charge in [-0.1, -0.05) is 30.3 Å². The molecule has 2 aliphatic rings. The molecule has 118 valence electrons. The quantitative estimate of drug-likeness (QED) is 0.925. The van der Waals surface area contributed by atoms with Crippen LogP contribution in [0.3, 0.4) is 0 Å². The van der Waals surface area contributed by atoms with Gasteiger partial charge in [0.05, 0.1) is 0 Å². The molecule has 2 fully saturated rings. The monoisotopic (exact) mass is 309 g/mol. The Bertz CT molecular complexity index is 429. The molecule has 0 unspecified atom stereocenters. The summed E-state index contributed by atoms with van der Waals surface area (Å²) in [5.41, 5.74) is 7.51. The molecule has 0 saturated carbocycles. The second-order valence-electron chi connectivity index (χ2n) is 7.38. The van der Waals surface area contributed by atoms with E-state index in [1.54, 1.807) is 0 Å². The Morgan fingerprint density at radius 2 is 1.52 bits per heavy atom. The Labute approximate surface area is 134 Å². The fraction of sp³-hybridized carbons (Fsp3) is 0.647. The van der Waals surface area contributed by atoms with E-state index in [9.17, 15) is 0 Å². The number of fused-ring (bicyclic) bond motifs is 1. The zero-order valence-corrected chi connectivity index (χ0v) is 14.0. The highest BCUT2D eigenvalue weighted by Gasteiger charge is 2.40. The van der Waals surface area contributed by atoms with Crippen LogP contribution in [0, 0.1) is 11.8 Å². The van der Waals surface area contributed by atoms with E-state index in [1.807, 2.05) is 0 Å². The fourth-order valence-electron chi connectivity index (χ4n) is 3.86. The molecular formula is C17H28ClN3. The molecule has 21 heavy (non-hydrogen) atoms. The standard InChI is InChI=1S/C17H27N3.ClH/c1-17(2,18)13-20-11-15-9-19(10-16(15)12-20)8-14-6-4-3-5-7-14;/h3-7,15-16H,8-13,18H2,1-2H3;1H/t15-,16+;. The second kappa shape index (κ2) is 6.66. The Morgan fingerprint density at radius 3 is 2.05 bits per heavy atom. The molecule has 0 aliphatic carbocycles. The molecule has 4 heteroatoms. The summed E-state index contributed by atoms with van der Waals surface area (Å²) in [5.74, 6) is 1.70. The van der Waals surface area contributed by atoms with E-state index in [4.69, 9.17) is 5.73 Å². The molecular weight excluding hydrogens is 282 g/mol. The topological polar surface area (TPSA) is 32.5 Å². The third-order valence-electron chi connectivity index (χ3n) is 4.52. The molecule has 1 aromatic rings. The third-order valence-corrected chi connectivity index (χ3v) is 4.52. The van der Waals surface area contributed by atoms with Crippen LogP contribution in [-0.2, 0) is 6.54 Å². The van der Waals surface area contributed by atoms with Crippen LogP contribution in [0.2, 0.25) is 0 Å². The second-order valence-corrected chi connectivity index (χ2v) is 7.38. The van der Waals surface area contributed by atoms with Gasteiger partial charge in [-0.15, -0.1) is 12.4 Å². The molecule has 2 N–H and O–H groups in total. The molecule has 3 rings (SSSR count). The van der Waals surface area contributed by atoms with Crippen molar-refractivity contribution in [3.63, 3.8) is 0 Å². The molecule has 2 saturated heterocycles. The molecule has 0 spiro atoms. The normalized spacial score (nSPS) is 26.6. The molecule has 0 bridgehead atoms. The van der Waals surface area contributed by atoms with E-state index < -0.39 is 0 Å². The van der Waals surface area contributed by atoms with Gasteiger partial charge in [0, 0.05) is 44.8 Å². The summed E-state index contributed by atoms with van der Waals surface area (Å²) >= 11 is 0. The lowest BCUT2D eigenvalue weighted by molar-refractivity contribution is 0.223. The Kier molecular flexibility index (Phi) is 5.31. The SMILES string of the molecule is CC(C)(N)CN1C[C@H]2CN(Cc3ccccc3)C[C@H]2C1.Cl. The smallest absolute Gasteiger partial charge is 0.0233 e. The summed E-state index contributed by atoms with van der Waals surface area (Å²) in [6.45, 7) is 11.4. The minimum atomic E-state index is -0.0671. The molecule has 3 nitrogen and oxygen atoms in total. The van der Waals surface area contributed by atoms with Crippen LogP contribution < -0.4 is 5.73 Å². The lowest BCUT2D eigenvalue weighted by atomic mass is 10.0. The van der Waals surface area contributed by atoms with Crippen molar-refractivity contribution in [2.75, 3.05) is 32.7 Å². The van der Waals surface area contributed by atoms with E-state index in [0.29, 0.717) is 0 Å². The van der Waals surface area contributed by atoms with Gasteiger partial charge in [0.2, 0.25) is 0 Å². The van der Waals surface area contributed by atoms with Crippen molar-refractivity contribution in [3.05, 3.63) is 35.9 Å². The first-order valence-electron chi connectivity index (χ1n) is 7.77. The van der Waals surface area contributed by atoms with Crippen LogP contribution in [0.1, 0.15) is 19.4 Å². The predicted molar refractivity (Wildman–Crippen MR) is 90.7 cm³/mol. The Hall–Kier alpha value is -0.610. The summed E-state index contributed by atoms with van der Waals surface area (Å²) in [6.07, 6.45) is 0. The molecule has 0 aromatic heterocycles. The number of nitrogens with zero attached hydrogens (tertiary/aromatic N) is 2. The largest absolute Gasteiger partial charge is 0.324 e. The van der Waals surface area contributed by atoms with Gasteiger partial charge >= 0.3 is 0 Å². The van der Waals surface area contributed by atoms with E-state index >= 15 is 0 Å². The van der Waals surface area contributed by atoms with Gasteiger partial charge in [-0.05, 0) is 31.2 Å². The van der Waals surface area contributed by atoms with E-state index in [-0.39, 0.29) is 17.9 Å². The van der Waals surface area contributed by atoms with Gasteiger partial charge in [-0.25, -0.2) is 0 Å². The maximum atomic E-state index is 6.14. The minimum Gasteiger partial charge on any atom is -0.324 e. The Morgan fingerprint density at radius 1 is 1.00 bits per heavy atom. The van der Waals surface area contributed by atoms with E-state index in [0.717, 1.165) is 24.9 Å². The summed E-state index contributed by atoms with van der Waals surface area (Å²) in [5, 5.41) is 0. The van der Waals surface area contributed by atoms with Crippen molar-refractivity contribution in [3.8, 4) is 0 Å². The highest BCUT2D eigenvalue weighted by atomic mass is 35.5. The van der Waals surface area contributed by atoms with Gasteiger partial charge in [0.1, 0.15) is 0 Å². The van der Waals surface area contributed by atoms with Crippen LogP contribution in [-0.4, -0.2) is 48.1 Å². The minimum absolute atomic E-state index is 0. The van der Waals surface area contributed by atoms with Crippen molar-refractivity contribution < 1.29 is 0 Å². The molecule has 0 radical (unpaired) electrons. The van der Waals surface area contributed by atoms with Crippen molar-refractivity contribution in [1.29, 1.82) is 0 Å². The van der Waals surface area contributed by atoms with Gasteiger partial charge in [-0.2, -0.15) is 0 Å². The molecule has 2 aliphatic heterocycles. The maximum Gasteiger partial charge on any atom is 0.0233 e. The summed E-state index contributed by atoms with van der Waals surface area (Å²) in [6, 6.07) is 10.8. The zero-order chi connectivity index (χ0) is 14.2. The van der Waals surface area contributed by atoms with Gasteiger partial charge in [-0.3, -0.25) is 4.90 Å². The number of rotatable bonds is 4. The van der Waals surface area contributed by atoms with Crippen molar-refractivity contribution >= 4 is 12.4 Å². The number of halogens is 1. The average Bonchev–Trinajstić information content (AvgIpc) is 2.85. The molecule has 1 aromatic carbocycles. The van der Waals surface area contributed by atoms with Gasteiger partial charge < -0.3 is 10.6 Å². The first kappa shape index (κ1) is 16.8. The molecule has 2 heterocycles. The molecule has 0 amide bonds. The lowest BCUT2D eigenvalue weighted by Gasteiger charge is -2.27. The summed E-state index contributed by atoms with van der Waals surface area (Å²) < 4.78 is 0. The van der Waals surface area contributed by atoms with Crippen molar-refractivity contribution in [1.82, 2.24) is 9.80 Å². The van der Waals surface area contributed by atoms with Crippen LogP contribution >= 0.6 is 12.4 Å². The first-order chi connectivity index (χ1) is 9.49. The van der Waals surface area contributed by atoms with Crippen molar-refractivity contribution in [2.45, 2.75) is 25.9 Å². The van der Waals surface area contributed by atoms with Gasteiger partial charge in [0.15, 0.2) is 0 Å². The number of likely N-dealkylation sites (tertiary alicyclic amines) is 2. The summed E-state index contributed by atoms with van der Waals surface area (Å²) in [7, 11) is 0. The average molecular weight is 310 g/mol. The van der Waals surface area contributed by atoms with Crippen molar-refractivity contribution in [2.24, 2.45) is 17.6 Å². The number of hydrogen-bond donors (Lipinski definition) is 1. The first-order valence-corrected chi connectivity index (χ1v) is 7.77.